The molecule has 2 aromatic heterocycles. The summed E-state index contributed by atoms with van der Waals surface area (Å²) in [6.07, 6.45) is 7.99. The molecule has 1 saturated carbocycles. The highest BCUT2D eigenvalue weighted by atomic mass is 16.3. The normalized spacial score (nSPS) is 14.5. The van der Waals surface area contributed by atoms with E-state index in [1.54, 1.807) is 6.26 Å². The summed E-state index contributed by atoms with van der Waals surface area (Å²) in [6, 6.07) is 6.71. The molecule has 0 amide bonds. The molecule has 94 valence electrons. The van der Waals surface area contributed by atoms with E-state index < -0.39 is 0 Å². The quantitative estimate of drug-likeness (QED) is 0.876. The van der Waals surface area contributed by atoms with Crippen LogP contribution in [0.3, 0.4) is 0 Å². The molecule has 18 heavy (non-hydrogen) atoms. The maximum atomic E-state index is 5.44. The highest BCUT2D eigenvalue weighted by Gasteiger charge is 2.30. The van der Waals surface area contributed by atoms with Crippen LogP contribution in [0.5, 0.6) is 0 Å². The third kappa shape index (κ3) is 2.32. The van der Waals surface area contributed by atoms with Gasteiger partial charge in [0, 0.05) is 13.1 Å². The Morgan fingerprint density at radius 1 is 1.44 bits per heavy atom. The van der Waals surface area contributed by atoms with Gasteiger partial charge in [0.2, 0.25) is 0 Å². The highest BCUT2D eigenvalue weighted by Crippen LogP contribution is 2.33. The van der Waals surface area contributed by atoms with Gasteiger partial charge in [0.05, 0.1) is 36.6 Å². The van der Waals surface area contributed by atoms with Gasteiger partial charge in [0.15, 0.2) is 0 Å². The smallest absolute Gasteiger partial charge is 0.123 e. The molecule has 0 atom stereocenters. The molecule has 1 aliphatic rings. The molecule has 0 spiro atoms. The van der Waals surface area contributed by atoms with Crippen molar-refractivity contribution in [1.29, 1.82) is 0 Å². The topological polar surface area (TPSA) is 41.3 Å². The SMILES string of the molecule is CNc1cncc(N(Cc2ccco2)C2CC2)c1. The van der Waals surface area contributed by atoms with Gasteiger partial charge < -0.3 is 14.6 Å². The predicted molar refractivity (Wildman–Crippen MR) is 71.7 cm³/mol. The Labute approximate surface area is 107 Å². The Morgan fingerprint density at radius 3 is 3.00 bits per heavy atom. The van der Waals surface area contributed by atoms with Gasteiger partial charge in [0.1, 0.15) is 5.76 Å². The lowest BCUT2D eigenvalue weighted by Crippen LogP contribution is -2.24. The summed E-state index contributed by atoms with van der Waals surface area (Å²) in [4.78, 5) is 6.65. The largest absolute Gasteiger partial charge is 0.467 e. The van der Waals surface area contributed by atoms with Crippen LogP contribution in [0.25, 0.3) is 0 Å². The van der Waals surface area contributed by atoms with E-state index in [-0.39, 0.29) is 0 Å². The molecular formula is C14H17N3O. The lowest BCUT2D eigenvalue weighted by Gasteiger charge is -2.23. The summed E-state index contributed by atoms with van der Waals surface area (Å²) in [5, 5.41) is 3.13. The zero-order chi connectivity index (χ0) is 12.4. The van der Waals surface area contributed by atoms with Crippen LogP contribution in [-0.2, 0) is 6.54 Å². The number of pyridine rings is 1. The summed E-state index contributed by atoms with van der Waals surface area (Å²) in [7, 11) is 1.91. The monoisotopic (exact) mass is 243 g/mol. The van der Waals surface area contributed by atoms with Crippen LogP contribution >= 0.6 is 0 Å². The van der Waals surface area contributed by atoms with E-state index in [0.29, 0.717) is 6.04 Å². The van der Waals surface area contributed by atoms with Gasteiger partial charge in [-0.15, -0.1) is 0 Å². The van der Waals surface area contributed by atoms with Gasteiger partial charge in [-0.25, -0.2) is 0 Å². The molecule has 0 aliphatic heterocycles. The van der Waals surface area contributed by atoms with Crippen molar-refractivity contribution in [2.75, 3.05) is 17.3 Å². The average molecular weight is 243 g/mol. The fourth-order valence-electron chi connectivity index (χ4n) is 2.11. The van der Waals surface area contributed by atoms with E-state index in [9.17, 15) is 0 Å². The van der Waals surface area contributed by atoms with Crippen molar-refractivity contribution in [2.45, 2.75) is 25.4 Å². The Kier molecular flexibility index (Phi) is 2.92. The molecule has 0 radical (unpaired) electrons. The Morgan fingerprint density at radius 2 is 2.33 bits per heavy atom. The molecule has 0 saturated heterocycles. The molecule has 2 aromatic rings. The molecular weight excluding hydrogens is 226 g/mol. The summed E-state index contributed by atoms with van der Waals surface area (Å²) >= 11 is 0. The molecule has 2 heterocycles. The standard InChI is InChI=1S/C14H17N3O/c1-15-11-7-13(9-16-8-11)17(12-4-5-12)10-14-3-2-6-18-14/h2-3,6-9,12,15H,4-5,10H2,1H3. The summed E-state index contributed by atoms with van der Waals surface area (Å²) in [5.41, 5.74) is 2.19. The number of hydrogen-bond acceptors (Lipinski definition) is 4. The van der Waals surface area contributed by atoms with Crippen LogP contribution in [0.15, 0.2) is 41.3 Å². The minimum Gasteiger partial charge on any atom is -0.467 e. The van der Waals surface area contributed by atoms with Gasteiger partial charge in [-0.05, 0) is 31.0 Å². The predicted octanol–water partition coefficient (Wildman–Crippen LogP) is 2.89. The lowest BCUT2D eigenvalue weighted by molar-refractivity contribution is 0.501. The van der Waals surface area contributed by atoms with E-state index in [2.05, 4.69) is 21.3 Å². The number of nitrogens with one attached hydrogen (secondary N) is 1. The number of furan rings is 1. The average Bonchev–Trinajstić information content (AvgIpc) is 3.13. The minimum atomic E-state index is 0.629. The number of rotatable bonds is 5. The van der Waals surface area contributed by atoms with Gasteiger partial charge in [0.25, 0.3) is 0 Å². The summed E-state index contributed by atoms with van der Waals surface area (Å²) < 4.78 is 5.44. The second-order valence-electron chi connectivity index (χ2n) is 4.62. The third-order valence-corrected chi connectivity index (χ3v) is 3.24. The maximum absolute atomic E-state index is 5.44. The van der Waals surface area contributed by atoms with Crippen molar-refractivity contribution < 1.29 is 4.42 Å². The van der Waals surface area contributed by atoms with Crippen LogP contribution in [0.2, 0.25) is 0 Å². The lowest BCUT2D eigenvalue weighted by atomic mass is 10.3. The van der Waals surface area contributed by atoms with Crippen LogP contribution in [0.1, 0.15) is 18.6 Å². The number of anilines is 2. The van der Waals surface area contributed by atoms with Crippen molar-refractivity contribution in [3.8, 4) is 0 Å². The molecule has 4 nitrogen and oxygen atoms in total. The zero-order valence-corrected chi connectivity index (χ0v) is 10.5. The Balaban J connectivity index is 1.84. The van der Waals surface area contributed by atoms with Crippen molar-refractivity contribution in [3.63, 3.8) is 0 Å². The number of aromatic nitrogens is 1. The van der Waals surface area contributed by atoms with Crippen molar-refractivity contribution in [2.24, 2.45) is 0 Å². The third-order valence-electron chi connectivity index (χ3n) is 3.24. The van der Waals surface area contributed by atoms with E-state index in [4.69, 9.17) is 4.42 Å². The zero-order valence-electron chi connectivity index (χ0n) is 10.5. The second kappa shape index (κ2) is 4.72. The molecule has 1 fully saturated rings. The molecule has 1 aliphatic carbocycles. The van der Waals surface area contributed by atoms with E-state index in [1.807, 2.05) is 31.6 Å². The van der Waals surface area contributed by atoms with E-state index in [0.717, 1.165) is 23.7 Å². The first-order chi connectivity index (χ1) is 8.86. The van der Waals surface area contributed by atoms with Crippen molar-refractivity contribution in [3.05, 3.63) is 42.6 Å². The minimum absolute atomic E-state index is 0.629. The van der Waals surface area contributed by atoms with Crippen LogP contribution in [0, 0.1) is 0 Å². The number of hydrogen-bond donors (Lipinski definition) is 1. The molecule has 0 unspecified atom stereocenters. The molecule has 0 aromatic carbocycles. The number of nitrogens with zero attached hydrogens (tertiary/aromatic N) is 2. The maximum Gasteiger partial charge on any atom is 0.123 e. The molecule has 4 heteroatoms. The van der Waals surface area contributed by atoms with Gasteiger partial charge >= 0.3 is 0 Å². The van der Waals surface area contributed by atoms with E-state index in [1.165, 1.54) is 12.8 Å². The van der Waals surface area contributed by atoms with Crippen molar-refractivity contribution >= 4 is 11.4 Å². The fraction of sp³-hybridized carbons (Fsp3) is 0.357. The van der Waals surface area contributed by atoms with Gasteiger partial charge in [-0.1, -0.05) is 0 Å². The first kappa shape index (κ1) is 11.1. The van der Waals surface area contributed by atoms with Crippen LogP contribution in [-0.4, -0.2) is 18.1 Å². The Bertz CT molecular complexity index is 506. The van der Waals surface area contributed by atoms with Crippen molar-refractivity contribution in [1.82, 2.24) is 4.98 Å². The fourth-order valence-corrected chi connectivity index (χ4v) is 2.11. The van der Waals surface area contributed by atoms with Crippen LogP contribution in [0.4, 0.5) is 11.4 Å². The molecule has 1 N–H and O–H groups in total. The second-order valence-corrected chi connectivity index (χ2v) is 4.62. The summed E-state index contributed by atoms with van der Waals surface area (Å²) in [6.45, 7) is 0.812. The molecule has 0 bridgehead atoms. The van der Waals surface area contributed by atoms with E-state index >= 15 is 0 Å². The van der Waals surface area contributed by atoms with Gasteiger partial charge in [-0.3, -0.25) is 4.98 Å². The first-order valence-corrected chi connectivity index (χ1v) is 6.28. The van der Waals surface area contributed by atoms with Gasteiger partial charge in [-0.2, -0.15) is 0 Å². The Hall–Kier alpha value is -1.97. The highest BCUT2D eigenvalue weighted by molar-refractivity contribution is 5.56. The molecule has 3 rings (SSSR count). The van der Waals surface area contributed by atoms with Crippen LogP contribution < -0.4 is 10.2 Å². The first-order valence-electron chi connectivity index (χ1n) is 6.28. The summed E-state index contributed by atoms with van der Waals surface area (Å²) in [5.74, 6) is 0.997.